The van der Waals surface area contributed by atoms with Gasteiger partial charge in [-0.15, -0.1) is 0 Å². The highest BCUT2D eigenvalue weighted by atomic mass is 16.5. The van der Waals surface area contributed by atoms with Crippen molar-refractivity contribution in [2.24, 2.45) is 5.41 Å². The molecule has 80 valence electrons. The van der Waals surface area contributed by atoms with Gasteiger partial charge in [-0.25, -0.2) is 0 Å². The molecule has 1 aromatic rings. The highest BCUT2D eigenvalue weighted by Crippen LogP contribution is 2.18. The molecule has 0 saturated heterocycles. The van der Waals surface area contributed by atoms with E-state index in [1.54, 1.807) is 6.92 Å². The fraction of sp³-hybridized carbons (Fsp3) is 0.800. The molecule has 0 aromatic carbocycles. The number of hydrogen-bond acceptors (Lipinski definition) is 4. The van der Waals surface area contributed by atoms with E-state index >= 15 is 0 Å². The fourth-order valence-electron chi connectivity index (χ4n) is 1.17. The van der Waals surface area contributed by atoms with Crippen LogP contribution in [0.5, 0.6) is 0 Å². The molecule has 1 atom stereocenters. The molecule has 1 unspecified atom stereocenters. The predicted molar refractivity (Wildman–Crippen MR) is 52.8 cm³/mol. The maximum Gasteiger partial charge on any atom is 0.229 e. The van der Waals surface area contributed by atoms with Crippen molar-refractivity contribution in [3.63, 3.8) is 0 Å². The first-order valence-electron chi connectivity index (χ1n) is 4.86. The summed E-state index contributed by atoms with van der Waals surface area (Å²) in [6.07, 6.45) is 0.783. The lowest BCUT2D eigenvalue weighted by atomic mass is 9.92. The van der Waals surface area contributed by atoms with Crippen LogP contribution >= 0.6 is 0 Å². The minimum atomic E-state index is -0.432. The van der Waals surface area contributed by atoms with E-state index in [0.717, 1.165) is 6.42 Å². The van der Waals surface area contributed by atoms with E-state index in [1.807, 2.05) is 0 Å². The van der Waals surface area contributed by atoms with Crippen LogP contribution < -0.4 is 0 Å². The van der Waals surface area contributed by atoms with Crippen LogP contribution in [-0.2, 0) is 12.8 Å². The summed E-state index contributed by atoms with van der Waals surface area (Å²) in [5, 5.41) is 13.0. The van der Waals surface area contributed by atoms with E-state index in [1.165, 1.54) is 0 Å². The summed E-state index contributed by atoms with van der Waals surface area (Å²) >= 11 is 0. The third-order valence-electron chi connectivity index (χ3n) is 1.67. The number of aromatic nitrogens is 2. The molecule has 0 aliphatic carbocycles. The second-order valence-electron chi connectivity index (χ2n) is 4.89. The second kappa shape index (κ2) is 4.09. The summed E-state index contributed by atoms with van der Waals surface area (Å²) in [5.74, 6) is 1.23. The molecule has 0 saturated carbocycles. The van der Waals surface area contributed by atoms with Crippen molar-refractivity contribution in [1.29, 1.82) is 0 Å². The monoisotopic (exact) mass is 198 g/mol. The summed E-state index contributed by atoms with van der Waals surface area (Å²) in [6.45, 7) is 8.07. The standard InChI is InChI=1S/C10H18N2O2/c1-7(13)5-9-11-8(12-14-9)6-10(2,3)4/h7,13H,5-6H2,1-4H3. The zero-order valence-electron chi connectivity index (χ0n) is 9.24. The smallest absolute Gasteiger partial charge is 0.229 e. The van der Waals surface area contributed by atoms with Gasteiger partial charge in [-0.05, 0) is 12.3 Å². The molecular formula is C10H18N2O2. The molecule has 14 heavy (non-hydrogen) atoms. The van der Waals surface area contributed by atoms with E-state index < -0.39 is 6.10 Å². The van der Waals surface area contributed by atoms with Gasteiger partial charge in [0.15, 0.2) is 5.82 Å². The molecule has 1 aromatic heterocycles. The van der Waals surface area contributed by atoms with Gasteiger partial charge < -0.3 is 9.63 Å². The molecule has 0 bridgehead atoms. The Balaban J connectivity index is 2.60. The summed E-state index contributed by atoms with van der Waals surface area (Å²) in [4.78, 5) is 4.20. The van der Waals surface area contributed by atoms with Crippen LogP contribution in [0.3, 0.4) is 0 Å². The zero-order chi connectivity index (χ0) is 10.8. The Kier molecular flexibility index (Phi) is 3.26. The molecule has 1 N–H and O–H groups in total. The molecule has 4 nitrogen and oxygen atoms in total. The molecule has 4 heteroatoms. The van der Waals surface area contributed by atoms with Crippen molar-refractivity contribution < 1.29 is 9.63 Å². The molecule has 0 fully saturated rings. The maximum atomic E-state index is 9.12. The number of hydrogen-bond donors (Lipinski definition) is 1. The van der Waals surface area contributed by atoms with Gasteiger partial charge in [0, 0.05) is 6.42 Å². The Morgan fingerprint density at radius 1 is 1.43 bits per heavy atom. The van der Waals surface area contributed by atoms with Crippen LogP contribution in [0.1, 0.15) is 39.4 Å². The Hall–Kier alpha value is -0.900. The van der Waals surface area contributed by atoms with Crippen LogP contribution in [0.2, 0.25) is 0 Å². The zero-order valence-corrected chi connectivity index (χ0v) is 9.24. The summed E-state index contributed by atoms with van der Waals surface area (Å²) in [6, 6.07) is 0. The lowest BCUT2D eigenvalue weighted by Crippen LogP contribution is -2.10. The minimum Gasteiger partial charge on any atom is -0.393 e. The number of aliphatic hydroxyl groups excluding tert-OH is 1. The average Bonchev–Trinajstić information content (AvgIpc) is 2.30. The molecule has 1 rings (SSSR count). The van der Waals surface area contributed by atoms with Crippen LogP contribution in [0.25, 0.3) is 0 Å². The van der Waals surface area contributed by atoms with E-state index in [4.69, 9.17) is 9.63 Å². The minimum absolute atomic E-state index is 0.159. The summed E-state index contributed by atoms with van der Waals surface area (Å²) in [5.41, 5.74) is 0.159. The quantitative estimate of drug-likeness (QED) is 0.801. The number of nitrogens with zero attached hydrogens (tertiary/aromatic N) is 2. The first kappa shape index (κ1) is 11.2. The van der Waals surface area contributed by atoms with Gasteiger partial charge in [-0.3, -0.25) is 0 Å². The van der Waals surface area contributed by atoms with Gasteiger partial charge in [-0.2, -0.15) is 4.98 Å². The molecular weight excluding hydrogens is 180 g/mol. The Bertz CT molecular complexity index is 287. The molecule has 0 aliphatic heterocycles. The Labute approximate surface area is 84.3 Å². The third-order valence-corrected chi connectivity index (χ3v) is 1.67. The van der Waals surface area contributed by atoms with Gasteiger partial charge in [0.1, 0.15) is 0 Å². The van der Waals surface area contributed by atoms with Crippen LogP contribution in [-0.4, -0.2) is 21.4 Å². The van der Waals surface area contributed by atoms with Crippen molar-refractivity contribution in [2.45, 2.75) is 46.6 Å². The van der Waals surface area contributed by atoms with Crippen molar-refractivity contribution in [3.05, 3.63) is 11.7 Å². The van der Waals surface area contributed by atoms with E-state index in [-0.39, 0.29) is 5.41 Å². The Morgan fingerprint density at radius 2 is 2.07 bits per heavy atom. The molecule has 0 amide bonds. The summed E-state index contributed by atoms with van der Waals surface area (Å²) in [7, 11) is 0. The van der Waals surface area contributed by atoms with Gasteiger partial charge in [-0.1, -0.05) is 25.9 Å². The normalized spacial score (nSPS) is 14.4. The highest BCUT2D eigenvalue weighted by Gasteiger charge is 2.16. The SMILES string of the molecule is CC(O)Cc1nc(CC(C)(C)C)no1. The van der Waals surface area contributed by atoms with Crippen molar-refractivity contribution >= 4 is 0 Å². The average molecular weight is 198 g/mol. The molecule has 0 spiro atoms. The topological polar surface area (TPSA) is 59.2 Å². The van der Waals surface area contributed by atoms with Crippen LogP contribution in [0, 0.1) is 5.41 Å². The lowest BCUT2D eigenvalue weighted by molar-refractivity contribution is 0.181. The van der Waals surface area contributed by atoms with Crippen molar-refractivity contribution in [2.75, 3.05) is 0 Å². The van der Waals surface area contributed by atoms with Crippen LogP contribution in [0.15, 0.2) is 4.52 Å². The lowest BCUT2D eigenvalue weighted by Gasteiger charge is -2.14. The number of rotatable bonds is 3. The largest absolute Gasteiger partial charge is 0.393 e. The first-order chi connectivity index (χ1) is 6.37. The van der Waals surface area contributed by atoms with E-state index in [0.29, 0.717) is 18.1 Å². The fourth-order valence-corrected chi connectivity index (χ4v) is 1.17. The third kappa shape index (κ3) is 3.87. The Morgan fingerprint density at radius 3 is 2.57 bits per heavy atom. The number of aliphatic hydroxyl groups is 1. The predicted octanol–water partition coefficient (Wildman–Crippen LogP) is 1.58. The van der Waals surface area contributed by atoms with Gasteiger partial charge >= 0.3 is 0 Å². The van der Waals surface area contributed by atoms with Crippen molar-refractivity contribution in [3.8, 4) is 0 Å². The summed E-state index contributed by atoms with van der Waals surface area (Å²) < 4.78 is 5.00. The second-order valence-corrected chi connectivity index (χ2v) is 4.89. The molecule has 1 heterocycles. The molecule has 0 radical (unpaired) electrons. The first-order valence-corrected chi connectivity index (χ1v) is 4.86. The van der Waals surface area contributed by atoms with Crippen molar-refractivity contribution in [1.82, 2.24) is 10.1 Å². The molecule has 0 aliphatic rings. The van der Waals surface area contributed by atoms with Gasteiger partial charge in [0.05, 0.1) is 12.5 Å². The van der Waals surface area contributed by atoms with Crippen LogP contribution in [0.4, 0.5) is 0 Å². The maximum absolute atomic E-state index is 9.12. The highest BCUT2D eigenvalue weighted by molar-refractivity contribution is 4.90. The van der Waals surface area contributed by atoms with E-state index in [9.17, 15) is 0 Å². The van der Waals surface area contributed by atoms with E-state index in [2.05, 4.69) is 30.9 Å². The van der Waals surface area contributed by atoms with Gasteiger partial charge in [0.2, 0.25) is 5.89 Å². The van der Waals surface area contributed by atoms with Gasteiger partial charge in [0.25, 0.3) is 0 Å².